The summed E-state index contributed by atoms with van der Waals surface area (Å²) in [7, 11) is 1.45. The highest BCUT2D eigenvalue weighted by Gasteiger charge is 2.45. The second-order valence-corrected chi connectivity index (χ2v) is 7.55. The quantitative estimate of drug-likeness (QED) is 0.289. The van der Waals surface area contributed by atoms with Crippen LogP contribution in [-0.4, -0.2) is 40.5 Å². The molecule has 2 aromatic rings. The maximum atomic E-state index is 12.9. The number of hydrogen-bond acceptors (Lipinski definition) is 5. The molecule has 1 unspecified atom stereocenters. The first kappa shape index (κ1) is 21.7. The lowest BCUT2D eigenvalue weighted by molar-refractivity contribution is -0.139. The van der Waals surface area contributed by atoms with Gasteiger partial charge < -0.3 is 19.8 Å². The van der Waals surface area contributed by atoms with E-state index in [0.717, 1.165) is 19.3 Å². The van der Waals surface area contributed by atoms with Crippen LogP contribution in [0.15, 0.2) is 48.0 Å². The molecule has 1 heterocycles. The Hall–Kier alpha value is -2.99. The Morgan fingerprint density at radius 1 is 1.17 bits per heavy atom. The molecule has 0 aliphatic carbocycles. The van der Waals surface area contributed by atoms with Crippen LogP contribution in [0.1, 0.15) is 43.4 Å². The number of methoxy groups -OCH3 is 1. The number of nitrogens with zero attached hydrogens (tertiary/aromatic N) is 1. The third kappa shape index (κ3) is 4.14. The van der Waals surface area contributed by atoms with Crippen molar-refractivity contribution in [1.29, 1.82) is 0 Å². The molecule has 1 saturated heterocycles. The van der Waals surface area contributed by atoms with Crippen LogP contribution >= 0.6 is 11.6 Å². The summed E-state index contributed by atoms with van der Waals surface area (Å²) < 4.78 is 5.20. The van der Waals surface area contributed by atoms with Gasteiger partial charge in [-0.3, -0.25) is 9.59 Å². The Bertz CT molecular complexity index is 1000. The van der Waals surface area contributed by atoms with E-state index >= 15 is 0 Å². The van der Waals surface area contributed by atoms with Gasteiger partial charge in [0.2, 0.25) is 0 Å². The number of ketones is 1. The standard InChI is InChI=1S/C23H24ClNO5/c1-3-4-5-11-25-20(14-7-6-8-16(26)12-14)19(22(28)23(25)29)21(27)15-9-10-17(24)18(13-15)30-2/h6-10,12-13,20,26-27H,3-5,11H2,1-2H3/b21-19-. The third-order valence-electron chi connectivity index (χ3n) is 5.15. The summed E-state index contributed by atoms with van der Waals surface area (Å²) in [6.07, 6.45) is 2.60. The Balaban J connectivity index is 2.15. The van der Waals surface area contributed by atoms with Gasteiger partial charge in [-0.1, -0.05) is 43.5 Å². The lowest BCUT2D eigenvalue weighted by Gasteiger charge is -2.25. The topological polar surface area (TPSA) is 87.1 Å². The van der Waals surface area contributed by atoms with E-state index in [0.29, 0.717) is 28.4 Å². The van der Waals surface area contributed by atoms with Crippen molar-refractivity contribution in [2.75, 3.05) is 13.7 Å². The predicted octanol–water partition coefficient (Wildman–Crippen LogP) is 4.67. The molecule has 0 saturated carbocycles. The van der Waals surface area contributed by atoms with E-state index < -0.39 is 17.7 Å². The zero-order valence-corrected chi connectivity index (χ0v) is 17.6. The van der Waals surface area contributed by atoms with Gasteiger partial charge in [-0.25, -0.2) is 0 Å². The normalized spacial score (nSPS) is 18.1. The molecule has 1 atom stereocenters. The van der Waals surface area contributed by atoms with Crippen molar-refractivity contribution >= 4 is 29.1 Å². The molecule has 1 aliphatic heterocycles. The van der Waals surface area contributed by atoms with Crippen LogP contribution in [0.2, 0.25) is 5.02 Å². The van der Waals surface area contributed by atoms with E-state index in [4.69, 9.17) is 16.3 Å². The van der Waals surface area contributed by atoms with E-state index in [1.165, 1.54) is 30.2 Å². The number of carbonyl (C=O) groups is 2. The number of aliphatic hydroxyl groups excluding tert-OH is 1. The minimum atomic E-state index is -0.796. The fourth-order valence-corrected chi connectivity index (χ4v) is 3.84. The van der Waals surface area contributed by atoms with Gasteiger partial charge in [0.25, 0.3) is 11.7 Å². The number of phenolic OH excluding ortho intramolecular Hbond substituents is 1. The number of hydrogen-bond donors (Lipinski definition) is 2. The van der Waals surface area contributed by atoms with Crippen LogP contribution in [0.5, 0.6) is 11.5 Å². The molecule has 0 radical (unpaired) electrons. The summed E-state index contributed by atoms with van der Waals surface area (Å²) in [5.74, 6) is -1.38. The summed E-state index contributed by atoms with van der Waals surface area (Å²) in [5.41, 5.74) is 0.840. The van der Waals surface area contributed by atoms with Gasteiger partial charge in [-0.15, -0.1) is 0 Å². The SMILES string of the molecule is CCCCCN1C(=O)C(=O)/C(=C(\O)c2ccc(Cl)c(OC)c2)C1c1cccc(O)c1. The second-order valence-electron chi connectivity index (χ2n) is 7.14. The molecule has 6 nitrogen and oxygen atoms in total. The molecular weight excluding hydrogens is 406 g/mol. The first-order valence-electron chi connectivity index (χ1n) is 9.80. The number of rotatable bonds is 7. The summed E-state index contributed by atoms with van der Waals surface area (Å²) in [4.78, 5) is 27.2. The molecule has 2 N–H and O–H groups in total. The van der Waals surface area contributed by atoms with Crippen molar-refractivity contribution in [1.82, 2.24) is 4.90 Å². The summed E-state index contributed by atoms with van der Waals surface area (Å²) >= 11 is 6.07. The van der Waals surface area contributed by atoms with Crippen molar-refractivity contribution in [3.8, 4) is 11.5 Å². The first-order chi connectivity index (χ1) is 14.4. The van der Waals surface area contributed by atoms with Gasteiger partial charge in [0.15, 0.2) is 0 Å². The molecule has 1 amide bonds. The van der Waals surface area contributed by atoms with Crippen LogP contribution in [0.3, 0.4) is 0 Å². The Morgan fingerprint density at radius 2 is 1.93 bits per heavy atom. The highest BCUT2D eigenvalue weighted by Crippen LogP contribution is 2.41. The smallest absolute Gasteiger partial charge is 0.295 e. The molecule has 1 fully saturated rings. The molecule has 1 aliphatic rings. The number of carbonyl (C=O) groups excluding carboxylic acids is 2. The molecule has 0 aromatic heterocycles. The minimum absolute atomic E-state index is 0.0137. The zero-order valence-electron chi connectivity index (χ0n) is 16.9. The van der Waals surface area contributed by atoms with Gasteiger partial charge in [0.1, 0.15) is 17.3 Å². The number of Topliss-reactive ketones (excluding diaryl/α,β-unsaturated/α-hetero) is 1. The van der Waals surface area contributed by atoms with Crippen LogP contribution in [-0.2, 0) is 9.59 Å². The van der Waals surface area contributed by atoms with Crippen LogP contribution in [0.4, 0.5) is 0 Å². The van der Waals surface area contributed by atoms with E-state index in [1.807, 2.05) is 0 Å². The van der Waals surface area contributed by atoms with Crippen molar-refractivity contribution in [3.05, 3.63) is 64.2 Å². The highest BCUT2D eigenvalue weighted by molar-refractivity contribution is 6.46. The number of likely N-dealkylation sites (tertiary alicyclic amines) is 1. The lowest BCUT2D eigenvalue weighted by Crippen LogP contribution is -2.30. The highest BCUT2D eigenvalue weighted by atomic mass is 35.5. The average molecular weight is 430 g/mol. The minimum Gasteiger partial charge on any atom is -0.508 e. The van der Waals surface area contributed by atoms with Crippen molar-refractivity contribution in [2.24, 2.45) is 0 Å². The van der Waals surface area contributed by atoms with Crippen molar-refractivity contribution in [3.63, 3.8) is 0 Å². The number of halogens is 1. The third-order valence-corrected chi connectivity index (χ3v) is 5.47. The Kier molecular flexibility index (Phi) is 6.67. The largest absolute Gasteiger partial charge is 0.508 e. The second kappa shape index (κ2) is 9.22. The number of benzene rings is 2. The number of aliphatic hydroxyl groups is 1. The first-order valence-corrected chi connectivity index (χ1v) is 10.2. The van der Waals surface area contributed by atoms with E-state index in [1.54, 1.807) is 24.3 Å². The van der Waals surface area contributed by atoms with Crippen LogP contribution < -0.4 is 4.74 Å². The fraction of sp³-hybridized carbons (Fsp3) is 0.304. The number of ether oxygens (including phenoxy) is 1. The van der Waals surface area contributed by atoms with E-state index in [-0.39, 0.29) is 17.1 Å². The molecule has 7 heteroatoms. The molecule has 0 bridgehead atoms. The maximum absolute atomic E-state index is 12.9. The molecular formula is C23H24ClNO5. The molecule has 2 aromatic carbocycles. The van der Waals surface area contributed by atoms with Gasteiger partial charge in [-0.05, 0) is 42.3 Å². The number of aromatic hydroxyl groups is 1. The molecule has 0 spiro atoms. The summed E-state index contributed by atoms with van der Waals surface area (Å²) in [6.45, 7) is 2.42. The van der Waals surface area contributed by atoms with E-state index in [2.05, 4.69) is 6.92 Å². The lowest BCUT2D eigenvalue weighted by atomic mass is 9.95. The fourth-order valence-electron chi connectivity index (χ4n) is 3.65. The zero-order chi connectivity index (χ0) is 21.8. The van der Waals surface area contributed by atoms with Gasteiger partial charge in [0, 0.05) is 12.1 Å². The number of amides is 1. The van der Waals surface area contributed by atoms with E-state index in [9.17, 15) is 19.8 Å². The van der Waals surface area contributed by atoms with Crippen molar-refractivity contribution in [2.45, 2.75) is 32.2 Å². The van der Waals surface area contributed by atoms with Gasteiger partial charge >= 0.3 is 0 Å². The molecule has 30 heavy (non-hydrogen) atoms. The number of phenols is 1. The summed E-state index contributed by atoms with van der Waals surface area (Å²) in [6, 6.07) is 10.2. The maximum Gasteiger partial charge on any atom is 0.295 e. The molecule has 3 rings (SSSR count). The van der Waals surface area contributed by atoms with Gasteiger partial charge in [0.05, 0.1) is 23.7 Å². The van der Waals surface area contributed by atoms with Crippen LogP contribution in [0, 0.1) is 0 Å². The number of unbranched alkanes of at least 4 members (excludes halogenated alkanes) is 2. The molecule has 158 valence electrons. The predicted molar refractivity (Wildman–Crippen MR) is 115 cm³/mol. The Labute approximate surface area is 180 Å². The van der Waals surface area contributed by atoms with Gasteiger partial charge in [-0.2, -0.15) is 0 Å². The Morgan fingerprint density at radius 3 is 2.60 bits per heavy atom. The average Bonchev–Trinajstić information content (AvgIpc) is 2.99. The monoisotopic (exact) mass is 429 g/mol. The summed E-state index contributed by atoms with van der Waals surface area (Å²) in [5, 5.41) is 21.3. The van der Waals surface area contributed by atoms with Crippen molar-refractivity contribution < 1.29 is 24.5 Å². The van der Waals surface area contributed by atoms with Crippen LogP contribution in [0.25, 0.3) is 5.76 Å².